The second-order valence-electron chi connectivity index (χ2n) is 3.24. The van der Waals surface area contributed by atoms with E-state index in [0.29, 0.717) is 0 Å². The van der Waals surface area contributed by atoms with Crippen LogP contribution in [0.2, 0.25) is 0 Å². The van der Waals surface area contributed by atoms with Gasteiger partial charge in [-0.3, -0.25) is 4.79 Å². The zero-order chi connectivity index (χ0) is 11.1. The van der Waals surface area contributed by atoms with Crippen molar-refractivity contribution in [1.82, 2.24) is 0 Å². The number of hydrogen-bond acceptors (Lipinski definition) is 2. The Kier molecular flexibility index (Phi) is 5.00. The van der Waals surface area contributed by atoms with Gasteiger partial charge in [0, 0.05) is 16.9 Å². The first-order valence-electron chi connectivity index (χ1n) is 4.91. The molecule has 0 N–H and O–H groups in total. The van der Waals surface area contributed by atoms with Gasteiger partial charge in [-0.2, -0.15) is 0 Å². The number of carbonyl (C=O) groups excluding carboxylic acids is 1. The van der Waals surface area contributed by atoms with E-state index in [1.54, 1.807) is 18.7 Å². The second kappa shape index (κ2) is 6.31. The number of benzene rings is 1. The molecule has 0 radical (unpaired) electrons. The average Bonchev–Trinajstić information content (AvgIpc) is 2.25. The molecule has 0 unspecified atom stereocenters. The van der Waals surface area contributed by atoms with Crippen LogP contribution in [0.15, 0.2) is 29.2 Å². The Hall–Kier alpha value is -1.20. The summed E-state index contributed by atoms with van der Waals surface area (Å²) in [6, 6.07) is 7.70. The summed E-state index contributed by atoms with van der Waals surface area (Å²) in [5, 5.41) is 0. The van der Waals surface area contributed by atoms with E-state index in [1.807, 2.05) is 24.3 Å². The van der Waals surface area contributed by atoms with Crippen LogP contribution in [0.3, 0.4) is 0 Å². The van der Waals surface area contributed by atoms with E-state index in [-0.39, 0.29) is 5.78 Å². The fraction of sp³-hybridized carbons (Fsp3) is 0.308. The van der Waals surface area contributed by atoms with Crippen LogP contribution in [0.25, 0.3) is 0 Å². The van der Waals surface area contributed by atoms with Crippen molar-refractivity contribution in [2.45, 2.75) is 24.7 Å². The first-order chi connectivity index (χ1) is 7.24. The molecule has 1 nitrogen and oxygen atoms in total. The van der Waals surface area contributed by atoms with Crippen molar-refractivity contribution < 1.29 is 4.79 Å². The number of hydrogen-bond donors (Lipinski definition) is 0. The van der Waals surface area contributed by atoms with Crippen LogP contribution in [-0.2, 0) is 0 Å². The summed E-state index contributed by atoms with van der Waals surface area (Å²) in [5.41, 5.74) is 0.767. The van der Waals surface area contributed by atoms with Gasteiger partial charge in [0.15, 0.2) is 5.78 Å². The first kappa shape index (κ1) is 11.9. The van der Waals surface area contributed by atoms with Crippen LogP contribution in [0.1, 0.15) is 30.1 Å². The molecule has 0 saturated heterocycles. The van der Waals surface area contributed by atoms with Gasteiger partial charge in [0.05, 0.1) is 0 Å². The summed E-state index contributed by atoms with van der Waals surface area (Å²) in [5.74, 6) is 3.76. The highest BCUT2D eigenvalue weighted by molar-refractivity contribution is 7.99. The standard InChI is InChI=1S/C13H14OS/c1-3-4-5-10-15-13-8-6-12(7-9-13)11(2)14/h1,6-9H,4-5,10H2,2H3. The van der Waals surface area contributed by atoms with Crippen molar-refractivity contribution in [3.8, 4) is 12.3 Å². The van der Waals surface area contributed by atoms with Crippen molar-refractivity contribution in [1.29, 1.82) is 0 Å². The van der Waals surface area contributed by atoms with Crippen molar-refractivity contribution >= 4 is 17.5 Å². The minimum absolute atomic E-state index is 0.110. The Morgan fingerprint density at radius 1 is 1.40 bits per heavy atom. The van der Waals surface area contributed by atoms with E-state index in [9.17, 15) is 4.79 Å². The van der Waals surface area contributed by atoms with Gasteiger partial charge in [0.25, 0.3) is 0 Å². The maximum Gasteiger partial charge on any atom is 0.159 e. The number of Topliss-reactive ketones (excluding diaryl/α,β-unsaturated/α-hetero) is 1. The van der Waals surface area contributed by atoms with Crippen molar-refractivity contribution in [3.63, 3.8) is 0 Å². The number of ketones is 1. The highest BCUT2D eigenvalue weighted by Crippen LogP contribution is 2.19. The van der Waals surface area contributed by atoms with Crippen LogP contribution in [-0.4, -0.2) is 11.5 Å². The maximum absolute atomic E-state index is 11.0. The van der Waals surface area contributed by atoms with Crippen molar-refractivity contribution in [2.24, 2.45) is 0 Å². The zero-order valence-electron chi connectivity index (χ0n) is 8.82. The lowest BCUT2D eigenvalue weighted by molar-refractivity contribution is 0.101. The SMILES string of the molecule is C#CCCCSc1ccc(C(C)=O)cc1. The minimum atomic E-state index is 0.110. The van der Waals surface area contributed by atoms with Crippen LogP contribution >= 0.6 is 11.8 Å². The molecule has 0 fully saturated rings. The van der Waals surface area contributed by atoms with Gasteiger partial charge in [-0.25, -0.2) is 0 Å². The molecular weight excluding hydrogens is 204 g/mol. The van der Waals surface area contributed by atoms with Crippen LogP contribution in [0.4, 0.5) is 0 Å². The minimum Gasteiger partial charge on any atom is -0.295 e. The van der Waals surface area contributed by atoms with E-state index in [4.69, 9.17) is 6.42 Å². The largest absolute Gasteiger partial charge is 0.295 e. The zero-order valence-corrected chi connectivity index (χ0v) is 9.64. The summed E-state index contributed by atoms with van der Waals surface area (Å²) in [7, 11) is 0. The van der Waals surface area contributed by atoms with E-state index in [1.165, 1.54) is 4.90 Å². The van der Waals surface area contributed by atoms with E-state index >= 15 is 0 Å². The molecule has 78 valence electrons. The van der Waals surface area contributed by atoms with Crippen LogP contribution < -0.4 is 0 Å². The Morgan fingerprint density at radius 3 is 2.60 bits per heavy atom. The fourth-order valence-corrected chi connectivity index (χ4v) is 2.00. The molecule has 15 heavy (non-hydrogen) atoms. The normalized spacial score (nSPS) is 9.60. The predicted octanol–water partition coefficient (Wildman–Crippen LogP) is 3.39. The third-order valence-electron chi connectivity index (χ3n) is 2.00. The van der Waals surface area contributed by atoms with Gasteiger partial charge in [0.1, 0.15) is 0 Å². The van der Waals surface area contributed by atoms with E-state index < -0.39 is 0 Å². The molecule has 0 amide bonds. The Morgan fingerprint density at radius 2 is 2.07 bits per heavy atom. The van der Waals surface area contributed by atoms with Gasteiger partial charge < -0.3 is 0 Å². The van der Waals surface area contributed by atoms with E-state index in [0.717, 1.165) is 24.2 Å². The molecule has 0 aliphatic rings. The maximum atomic E-state index is 11.0. The number of thioether (sulfide) groups is 1. The van der Waals surface area contributed by atoms with Crippen LogP contribution in [0.5, 0.6) is 0 Å². The molecule has 0 bridgehead atoms. The third kappa shape index (κ3) is 4.22. The van der Waals surface area contributed by atoms with Crippen molar-refractivity contribution in [2.75, 3.05) is 5.75 Å². The summed E-state index contributed by atoms with van der Waals surface area (Å²) in [6.45, 7) is 1.58. The molecule has 0 aliphatic carbocycles. The van der Waals surface area contributed by atoms with Crippen LogP contribution in [0, 0.1) is 12.3 Å². The monoisotopic (exact) mass is 218 g/mol. The Bertz CT molecular complexity index is 359. The summed E-state index contributed by atoms with van der Waals surface area (Å²) >= 11 is 1.77. The lowest BCUT2D eigenvalue weighted by Gasteiger charge is -2.01. The van der Waals surface area contributed by atoms with Gasteiger partial charge in [-0.05, 0) is 31.2 Å². The van der Waals surface area contributed by atoms with Gasteiger partial charge >= 0.3 is 0 Å². The predicted molar refractivity (Wildman–Crippen MR) is 65.2 cm³/mol. The topological polar surface area (TPSA) is 17.1 Å². The quantitative estimate of drug-likeness (QED) is 0.326. The van der Waals surface area contributed by atoms with Gasteiger partial charge in [-0.15, -0.1) is 24.1 Å². The summed E-state index contributed by atoms with van der Waals surface area (Å²) < 4.78 is 0. The highest BCUT2D eigenvalue weighted by Gasteiger charge is 1.98. The van der Waals surface area contributed by atoms with E-state index in [2.05, 4.69) is 5.92 Å². The highest BCUT2D eigenvalue weighted by atomic mass is 32.2. The smallest absolute Gasteiger partial charge is 0.159 e. The Labute approximate surface area is 95.3 Å². The molecule has 0 saturated carbocycles. The average molecular weight is 218 g/mol. The second-order valence-corrected chi connectivity index (χ2v) is 4.41. The van der Waals surface area contributed by atoms with Gasteiger partial charge in [-0.1, -0.05) is 12.1 Å². The third-order valence-corrected chi connectivity index (χ3v) is 3.09. The number of carbonyl (C=O) groups is 1. The molecule has 0 aromatic heterocycles. The molecule has 0 heterocycles. The number of rotatable bonds is 5. The number of unbranched alkanes of at least 4 members (excludes halogenated alkanes) is 1. The molecule has 1 aromatic rings. The summed E-state index contributed by atoms with van der Waals surface area (Å²) in [6.07, 6.45) is 7.03. The molecule has 0 atom stereocenters. The molecular formula is C13H14OS. The first-order valence-corrected chi connectivity index (χ1v) is 5.90. The molecule has 0 spiro atoms. The molecule has 0 aliphatic heterocycles. The van der Waals surface area contributed by atoms with Gasteiger partial charge in [0.2, 0.25) is 0 Å². The molecule has 1 rings (SSSR count). The number of terminal acetylenes is 1. The van der Waals surface area contributed by atoms with Crippen molar-refractivity contribution in [3.05, 3.63) is 29.8 Å². The lowest BCUT2D eigenvalue weighted by Crippen LogP contribution is -1.90. The lowest BCUT2D eigenvalue weighted by atomic mass is 10.2. The Balaban J connectivity index is 2.43. The summed E-state index contributed by atoms with van der Waals surface area (Å²) in [4.78, 5) is 12.2. The molecule has 1 aromatic carbocycles. The fourth-order valence-electron chi connectivity index (χ4n) is 1.15. The molecule has 2 heteroatoms.